The van der Waals surface area contributed by atoms with Crippen LogP contribution < -0.4 is 0 Å². The lowest BCUT2D eigenvalue weighted by atomic mass is 9.52. The van der Waals surface area contributed by atoms with Gasteiger partial charge in [0.1, 0.15) is 5.78 Å². The molecule has 2 fully saturated rings. The number of hydrogen-bond donors (Lipinski definition) is 0. The van der Waals surface area contributed by atoms with Crippen LogP contribution in [-0.4, -0.2) is 5.78 Å². The van der Waals surface area contributed by atoms with Gasteiger partial charge >= 0.3 is 0 Å². The fourth-order valence-electron chi connectivity index (χ4n) is 6.15. The summed E-state index contributed by atoms with van der Waals surface area (Å²) in [5, 5.41) is 0. The molecule has 1 heteroatoms. The zero-order valence-electron chi connectivity index (χ0n) is 14.0. The van der Waals surface area contributed by atoms with Crippen molar-refractivity contribution in [2.45, 2.75) is 64.7 Å². The highest BCUT2D eigenvalue weighted by atomic mass is 16.1. The molecule has 22 heavy (non-hydrogen) atoms. The monoisotopic (exact) mass is 296 g/mol. The van der Waals surface area contributed by atoms with Crippen LogP contribution in [-0.2, 0) is 11.2 Å². The van der Waals surface area contributed by atoms with E-state index in [1.807, 2.05) is 0 Å². The number of ketones is 1. The molecule has 0 aromatic heterocycles. The van der Waals surface area contributed by atoms with Crippen molar-refractivity contribution in [3.05, 3.63) is 35.4 Å². The van der Waals surface area contributed by atoms with Gasteiger partial charge in [-0.3, -0.25) is 4.79 Å². The van der Waals surface area contributed by atoms with Crippen LogP contribution in [0.1, 0.15) is 69.4 Å². The lowest BCUT2D eigenvalue weighted by molar-refractivity contribution is -0.130. The van der Waals surface area contributed by atoms with Crippen LogP contribution in [0.3, 0.4) is 0 Å². The lowest BCUT2D eigenvalue weighted by Crippen LogP contribution is -2.46. The maximum Gasteiger partial charge on any atom is 0.139 e. The molecule has 2 saturated carbocycles. The van der Waals surface area contributed by atoms with E-state index in [9.17, 15) is 4.79 Å². The smallest absolute Gasteiger partial charge is 0.139 e. The van der Waals surface area contributed by atoms with E-state index in [1.54, 1.807) is 11.1 Å². The predicted molar refractivity (Wildman–Crippen MR) is 89.8 cm³/mol. The fourth-order valence-corrected chi connectivity index (χ4v) is 6.15. The van der Waals surface area contributed by atoms with Gasteiger partial charge in [0.05, 0.1) is 0 Å². The van der Waals surface area contributed by atoms with Gasteiger partial charge in [0, 0.05) is 11.8 Å². The first-order valence-electron chi connectivity index (χ1n) is 9.26. The molecule has 0 amide bonds. The summed E-state index contributed by atoms with van der Waals surface area (Å²) in [7, 11) is 0. The number of benzene rings is 1. The molecule has 0 spiro atoms. The van der Waals surface area contributed by atoms with Crippen molar-refractivity contribution in [2.24, 2.45) is 23.2 Å². The third-order valence-electron chi connectivity index (χ3n) is 7.18. The van der Waals surface area contributed by atoms with E-state index in [4.69, 9.17) is 0 Å². The van der Waals surface area contributed by atoms with Crippen molar-refractivity contribution < 1.29 is 4.79 Å². The molecular formula is C21H28O. The number of carbonyl (C=O) groups excluding carboxylic acids is 1. The molecule has 0 saturated heterocycles. The molecule has 1 nitrogen and oxygen atoms in total. The highest BCUT2D eigenvalue weighted by molar-refractivity contribution is 5.87. The molecule has 1 aromatic rings. The molecule has 0 radical (unpaired) electrons. The summed E-state index contributed by atoms with van der Waals surface area (Å²) in [5.74, 6) is 3.46. The maximum atomic E-state index is 12.5. The summed E-state index contributed by atoms with van der Waals surface area (Å²) in [6.45, 7) is 4.60. The van der Waals surface area contributed by atoms with Crippen molar-refractivity contribution in [3.8, 4) is 0 Å². The van der Waals surface area contributed by atoms with Crippen molar-refractivity contribution in [1.82, 2.24) is 0 Å². The van der Waals surface area contributed by atoms with Gasteiger partial charge in [0.2, 0.25) is 0 Å². The Morgan fingerprint density at radius 3 is 2.86 bits per heavy atom. The second-order valence-corrected chi connectivity index (χ2v) is 8.16. The Bertz CT molecular complexity index is 589. The molecule has 4 rings (SSSR count). The van der Waals surface area contributed by atoms with E-state index in [-0.39, 0.29) is 5.41 Å². The van der Waals surface area contributed by atoms with Gasteiger partial charge in [-0.25, -0.2) is 0 Å². The van der Waals surface area contributed by atoms with Gasteiger partial charge in [0.15, 0.2) is 0 Å². The number of carbonyl (C=O) groups is 1. The van der Waals surface area contributed by atoms with Gasteiger partial charge in [-0.2, -0.15) is 0 Å². The van der Waals surface area contributed by atoms with E-state index >= 15 is 0 Å². The number of Topliss-reactive ketones (excluding diaryl/α,β-unsaturated/α-hetero) is 1. The highest BCUT2D eigenvalue weighted by Crippen LogP contribution is 2.61. The minimum atomic E-state index is -0.000554. The topological polar surface area (TPSA) is 17.1 Å². The molecule has 0 heterocycles. The van der Waals surface area contributed by atoms with Crippen LogP contribution in [0.5, 0.6) is 0 Å². The number of fused-ring (bicyclic) bond motifs is 5. The molecule has 5 atom stereocenters. The second-order valence-electron chi connectivity index (χ2n) is 8.16. The van der Waals surface area contributed by atoms with E-state index in [2.05, 4.69) is 38.1 Å². The summed E-state index contributed by atoms with van der Waals surface area (Å²) >= 11 is 0. The Balaban J connectivity index is 1.77. The van der Waals surface area contributed by atoms with Gasteiger partial charge in [-0.05, 0) is 60.5 Å². The summed E-state index contributed by atoms with van der Waals surface area (Å²) in [6, 6.07) is 9.13. The largest absolute Gasteiger partial charge is 0.299 e. The first kappa shape index (κ1) is 14.5. The Kier molecular flexibility index (Phi) is 3.43. The average molecular weight is 296 g/mol. The van der Waals surface area contributed by atoms with Crippen molar-refractivity contribution in [3.63, 3.8) is 0 Å². The molecule has 5 unspecified atom stereocenters. The van der Waals surface area contributed by atoms with Crippen LogP contribution in [0.2, 0.25) is 0 Å². The molecular weight excluding hydrogens is 268 g/mol. The third-order valence-corrected chi connectivity index (χ3v) is 7.18. The molecule has 118 valence electrons. The first-order chi connectivity index (χ1) is 10.6. The number of hydrogen-bond acceptors (Lipinski definition) is 1. The van der Waals surface area contributed by atoms with Gasteiger partial charge in [-0.15, -0.1) is 0 Å². The minimum absolute atomic E-state index is 0.000554. The predicted octanol–water partition coefficient (Wildman–Crippen LogP) is 5.14. The summed E-state index contributed by atoms with van der Waals surface area (Å²) in [6.07, 6.45) is 8.17. The Morgan fingerprint density at radius 2 is 2.05 bits per heavy atom. The third kappa shape index (κ3) is 1.94. The van der Waals surface area contributed by atoms with Crippen LogP contribution in [0, 0.1) is 23.2 Å². The molecule has 0 aliphatic heterocycles. The van der Waals surface area contributed by atoms with E-state index in [0.717, 1.165) is 31.1 Å². The van der Waals surface area contributed by atoms with Gasteiger partial charge < -0.3 is 0 Å². The standard InChI is InChI=1S/C21H28O/c1-3-6-15-13-14-7-4-5-8-16(14)17-11-12-21(2)18(20(15)17)9-10-19(21)22/h4-5,7-8,15,17-18,20H,3,6,9-13H2,1-2H3. The van der Waals surface area contributed by atoms with Gasteiger partial charge in [0.25, 0.3) is 0 Å². The van der Waals surface area contributed by atoms with Crippen LogP contribution in [0.25, 0.3) is 0 Å². The van der Waals surface area contributed by atoms with E-state index in [1.165, 1.54) is 25.7 Å². The van der Waals surface area contributed by atoms with E-state index < -0.39 is 0 Å². The normalized spacial score (nSPS) is 40.0. The highest BCUT2D eigenvalue weighted by Gasteiger charge is 2.56. The Morgan fingerprint density at radius 1 is 1.23 bits per heavy atom. The quantitative estimate of drug-likeness (QED) is 0.738. The molecule has 3 aliphatic carbocycles. The zero-order valence-corrected chi connectivity index (χ0v) is 14.0. The SMILES string of the molecule is CCCC1Cc2ccccc2C2CCC3(C)C(=O)CCC3C12. The van der Waals surface area contributed by atoms with Crippen LogP contribution >= 0.6 is 0 Å². The Hall–Kier alpha value is -1.11. The van der Waals surface area contributed by atoms with Crippen molar-refractivity contribution in [2.75, 3.05) is 0 Å². The number of rotatable bonds is 2. The summed E-state index contributed by atoms with van der Waals surface area (Å²) in [4.78, 5) is 12.5. The van der Waals surface area contributed by atoms with Crippen molar-refractivity contribution >= 4 is 5.78 Å². The average Bonchev–Trinajstić information content (AvgIpc) is 2.83. The van der Waals surface area contributed by atoms with Crippen LogP contribution in [0.15, 0.2) is 24.3 Å². The molecule has 0 bridgehead atoms. The Labute approximate surface area is 134 Å². The van der Waals surface area contributed by atoms with Crippen LogP contribution in [0.4, 0.5) is 0 Å². The molecule has 1 aromatic carbocycles. The van der Waals surface area contributed by atoms with E-state index in [0.29, 0.717) is 17.6 Å². The maximum absolute atomic E-state index is 12.5. The fraction of sp³-hybridized carbons (Fsp3) is 0.667. The summed E-state index contributed by atoms with van der Waals surface area (Å²) in [5.41, 5.74) is 3.20. The van der Waals surface area contributed by atoms with Crippen molar-refractivity contribution in [1.29, 1.82) is 0 Å². The lowest BCUT2D eigenvalue weighted by Gasteiger charge is -2.51. The zero-order chi connectivity index (χ0) is 15.3. The van der Waals surface area contributed by atoms with Gasteiger partial charge in [-0.1, -0.05) is 51.0 Å². The second kappa shape index (κ2) is 5.22. The first-order valence-corrected chi connectivity index (χ1v) is 9.26. The summed E-state index contributed by atoms with van der Waals surface area (Å²) < 4.78 is 0. The molecule has 0 N–H and O–H groups in total. The molecule has 3 aliphatic rings. The minimum Gasteiger partial charge on any atom is -0.299 e.